The molecule has 132 valence electrons. The Labute approximate surface area is 159 Å². The summed E-state index contributed by atoms with van der Waals surface area (Å²) in [6, 6.07) is 8.20. The van der Waals surface area contributed by atoms with Gasteiger partial charge in [0.05, 0.1) is 21.0 Å². The van der Waals surface area contributed by atoms with E-state index in [-0.39, 0.29) is 20.6 Å². The molecule has 0 saturated heterocycles. The SMILES string of the molecule is FC(F)(F)C(C=Cc1ccc2c(c1)CCC2)c1cc(Cl)c(Cl)c(Cl)c1. The maximum absolute atomic E-state index is 13.5. The third kappa shape index (κ3) is 4.16. The van der Waals surface area contributed by atoms with Crippen molar-refractivity contribution in [3.63, 3.8) is 0 Å². The zero-order chi connectivity index (χ0) is 18.2. The maximum Gasteiger partial charge on any atom is 0.399 e. The lowest BCUT2D eigenvalue weighted by Gasteiger charge is -2.18. The molecular formula is C19H14Cl3F3. The van der Waals surface area contributed by atoms with E-state index in [4.69, 9.17) is 34.8 Å². The molecule has 6 heteroatoms. The molecule has 1 unspecified atom stereocenters. The van der Waals surface area contributed by atoms with Crippen molar-refractivity contribution < 1.29 is 13.2 Å². The average Bonchev–Trinajstić information content (AvgIpc) is 2.99. The minimum Gasteiger partial charge on any atom is -0.170 e. The second kappa shape index (κ2) is 7.22. The van der Waals surface area contributed by atoms with Gasteiger partial charge in [0, 0.05) is 0 Å². The Morgan fingerprint density at radius 2 is 1.56 bits per heavy atom. The van der Waals surface area contributed by atoms with Gasteiger partial charge in [-0.2, -0.15) is 13.2 Å². The van der Waals surface area contributed by atoms with Crippen molar-refractivity contribution in [2.75, 3.05) is 0 Å². The number of allylic oxidation sites excluding steroid dienone is 1. The van der Waals surface area contributed by atoms with E-state index in [1.165, 1.54) is 29.3 Å². The van der Waals surface area contributed by atoms with Gasteiger partial charge in [0.15, 0.2) is 0 Å². The van der Waals surface area contributed by atoms with E-state index < -0.39 is 12.1 Å². The van der Waals surface area contributed by atoms with Crippen LogP contribution in [0.5, 0.6) is 0 Å². The van der Waals surface area contributed by atoms with E-state index in [2.05, 4.69) is 0 Å². The van der Waals surface area contributed by atoms with Gasteiger partial charge in [-0.1, -0.05) is 65.2 Å². The van der Waals surface area contributed by atoms with Crippen molar-refractivity contribution in [1.82, 2.24) is 0 Å². The van der Waals surface area contributed by atoms with Crippen LogP contribution in [0, 0.1) is 0 Å². The van der Waals surface area contributed by atoms with E-state index in [1.54, 1.807) is 0 Å². The molecule has 2 aromatic rings. The molecule has 0 heterocycles. The van der Waals surface area contributed by atoms with E-state index in [0.29, 0.717) is 0 Å². The molecule has 1 aliphatic carbocycles. The lowest BCUT2D eigenvalue weighted by molar-refractivity contribution is -0.139. The lowest BCUT2D eigenvalue weighted by Crippen LogP contribution is -2.19. The fourth-order valence-electron chi connectivity index (χ4n) is 3.07. The summed E-state index contributed by atoms with van der Waals surface area (Å²) in [4.78, 5) is 0. The van der Waals surface area contributed by atoms with Gasteiger partial charge in [-0.15, -0.1) is 0 Å². The topological polar surface area (TPSA) is 0 Å². The number of fused-ring (bicyclic) bond motifs is 1. The van der Waals surface area contributed by atoms with E-state index >= 15 is 0 Å². The Hall–Kier alpha value is -1.16. The quantitative estimate of drug-likeness (QED) is 0.464. The summed E-state index contributed by atoms with van der Waals surface area (Å²) < 4.78 is 40.6. The zero-order valence-electron chi connectivity index (χ0n) is 13.0. The summed E-state index contributed by atoms with van der Waals surface area (Å²) in [6.07, 6.45) is 1.26. The summed E-state index contributed by atoms with van der Waals surface area (Å²) in [5.74, 6) is -1.81. The van der Waals surface area contributed by atoms with Crippen LogP contribution in [0.3, 0.4) is 0 Å². The van der Waals surface area contributed by atoms with Crippen LogP contribution in [0.1, 0.15) is 34.6 Å². The van der Waals surface area contributed by atoms with Crippen molar-refractivity contribution in [2.24, 2.45) is 0 Å². The van der Waals surface area contributed by atoms with Crippen LogP contribution in [0.4, 0.5) is 13.2 Å². The van der Waals surface area contributed by atoms with Gasteiger partial charge in [0.1, 0.15) is 0 Å². The minimum absolute atomic E-state index is 0.00403. The molecule has 1 atom stereocenters. The predicted octanol–water partition coefficient (Wildman–Crippen LogP) is 7.49. The van der Waals surface area contributed by atoms with E-state index in [1.807, 2.05) is 18.2 Å². The number of aryl methyl sites for hydroxylation is 2. The first-order chi connectivity index (χ1) is 11.8. The Morgan fingerprint density at radius 1 is 0.920 bits per heavy atom. The van der Waals surface area contributed by atoms with Crippen molar-refractivity contribution >= 4 is 40.9 Å². The van der Waals surface area contributed by atoms with Gasteiger partial charge in [-0.25, -0.2) is 0 Å². The first kappa shape index (κ1) is 18.6. The van der Waals surface area contributed by atoms with Gasteiger partial charge >= 0.3 is 6.18 Å². The highest BCUT2D eigenvalue weighted by Gasteiger charge is 2.39. The Morgan fingerprint density at radius 3 is 2.20 bits per heavy atom. The Kier molecular flexibility index (Phi) is 5.38. The predicted molar refractivity (Wildman–Crippen MR) is 97.8 cm³/mol. The number of alkyl halides is 3. The number of hydrogen-bond donors (Lipinski definition) is 0. The van der Waals surface area contributed by atoms with Gasteiger partial charge < -0.3 is 0 Å². The maximum atomic E-state index is 13.5. The summed E-state index contributed by atoms with van der Waals surface area (Å²) in [6.45, 7) is 0. The largest absolute Gasteiger partial charge is 0.399 e. The third-order valence-electron chi connectivity index (χ3n) is 4.32. The molecule has 3 rings (SSSR count). The van der Waals surface area contributed by atoms with Gasteiger partial charge in [-0.05, 0) is 53.6 Å². The highest BCUT2D eigenvalue weighted by atomic mass is 35.5. The molecular weight excluding hydrogens is 392 g/mol. The van der Waals surface area contributed by atoms with Crippen LogP contribution in [0.25, 0.3) is 6.08 Å². The van der Waals surface area contributed by atoms with Crippen LogP contribution in [-0.2, 0) is 12.8 Å². The van der Waals surface area contributed by atoms with E-state index in [9.17, 15) is 13.2 Å². The summed E-state index contributed by atoms with van der Waals surface area (Å²) >= 11 is 17.6. The Bertz CT molecular complexity index is 802. The number of halogens is 6. The summed E-state index contributed by atoms with van der Waals surface area (Å²) in [7, 11) is 0. The highest BCUT2D eigenvalue weighted by Crippen LogP contribution is 2.41. The van der Waals surface area contributed by atoms with Crippen LogP contribution in [0.2, 0.25) is 15.1 Å². The fourth-order valence-corrected chi connectivity index (χ4v) is 3.68. The molecule has 0 spiro atoms. The Balaban J connectivity index is 1.95. The highest BCUT2D eigenvalue weighted by molar-refractivity contribution is 6.48. The molecule has 0 aliphatic heterocycles. The second-order valence-electron chi connectivity index (χ2n) is 6.06. The number of hydrogen-bond acceptors (Lipinski definition) is 0. The molecule has 0 fully saturated rings. The van der Waals surface area contributed by atoms with Gasteiger partial charge in [0.25, 0.3) is 0 Å². The van der Waals surface area contributed by atoms with Crippen molar-refractivity contribution in [2.45, 2.75) is 31.4 Å². The minimum atomic E-state index is -4.46. The smallest absolute Gasteiger partial charge is 0.170 e. The van der Waals surface area contributed by atoms with E-state index in [0.717, 1.165) is 30.9 Å². The molecule has 0 bridgehead atoms. The summed E-state index contributed by atoms with van der Waals surface area (Å²) in [5.41, 5.74) is 3.20. The number of rotatable bonds is 3. The van der Waals surface area contributed by atoms with Crippen molar-refractivity contribution in [1.29, 1.82) is 0 Å². The monoisotopic (exact) mass is 404 g/mol. The fraction of sp³-hybridized carbons (Fsp3) is 0.263. The van der Waals surface area contributed by atoms with Crippen LogP contribution in [-0.4, -0.2) is 6.18 Å². The molecule has 0 aromatic heterocycles. The molecule has 25 heavy (non-hydrogen) atoms. The van der Waals surface area contributed by atoms with Crippen LogP contribution in [0.15, 0.2) is 36.4 Å². The molecule has 0 saturated carbocycles. The second-order valence-corrected chi connectivity index (χ2v) is 7.25. The van der Waals surface area contributed by atoms with Gasteiger partial charge in [0.2, 0.25) is 0 Å². The normalized spacial score (nSPS) is 15.6. The molecule has 2 aromatic carbocycles. The third-order valence-corrected chi connectivity index (χ3v) is 5.52. The van der Waals surface area contributed by atoms with Crippen LogP contribution >= 0.6 is 34.8 Å². The molecule has 0 amide bonds. The molecule has 0 nitrogen and oxygen atoms in total. The van der Waals surface area contributed by atoms with Crippen molar-refractivity contribution in [3.8, 4) is 0 Å². The standard InChI is InChI=1S/C19H14Cl3F3/c20-16-9-14(10-17(21)18(16)22)15(19(23,24)25)7-5-11-4-6-12-2-1-3-13(12)8-11/h4-10,15H,1-3H2. The first-order valence-electron chi connectivity index (χ1n) is 7.77. The molecule has 1 aliphatic rings. The molecule has 0 N–H and O–H groups in total. The van der Waals surface area contributed by atoms with Crippen molar-refractivity contribution in [3.05, 3.63) is 73.7 Å². The lowest BCUT2D eigenvalue weighted by atomic mass is 9.96. The number of benzene rings is 2. The average molecular weight is 406 g/mol. The van der Waals surface area contributed by atoms with Crippen LogP contribution < -0.4 is 0 Å². The summed E-state index contributed by atoms with van der Waals surface area (Å²) in [5, 5.41) is 0.0595. The molecule has 0 radical (unpaired) electrons. The van der Waals surface area contributed by atoms with Gasteiger partial charge in [-0.3, -0.25) is 0 Å². The first-order valence-corrected chi connectivity index (χ1v) is 8.90. The zero-order valence-corrected chi connectivity index (χ0v) is 15.3.